The minimum atomic E-state index is -4.42. The Morgan fingerprint density at radius 1 is 0.900 bits per heavy atom. The first-order valence-electron chi connectivity index (χ1n) is 9.32. The number of alkyl halides is 3. The summed E-state index contributed by atoms with van der Waals surface area (Å²) in [7, 11) is 9.60. The van der Waals surface area contributed by atoms with Crippen molar-refractivity contribution in [2.45, 2.75) is 65.5 Å². The van der Waals surface area contributed by atoms with Gasteiger partial charge in [-0.2, -0.15) is 13.2 Å². The summed E-state index contributed by atoms with van der Waals surface area (Å²) in [6.45, 7) is 13.9. The number of aromatic hydroxyl groups is 1. The molecule has 1 nitrogen and oxygen atoms in total. The summed E-state index contributed by atoms with van der Waals surface area (Å²) >= 11 is -0.826. The zero-order valence-electron chi connectivity index (χ0n) is 18.2. The first kappa shape index (κ1) is 28.0. The van der Waals surface area contributed by atoms with Crippen LogP contribution in [0.4, 0.5) is 13.2 Å². The van der Waals surface area contributed by atoms with Gasteiger partial charge in [-0.15, -0.1) is 0 Å². The predicted molar refractivity (Wildman–Crippen MR) is 121 cm³/mol. The van der Waals surface area contributed by atoms with Crippen LogP contribution in [-0.4, -0.2) is 5.11 Å². The SMILES string of the molecule is Cc1cccc(C(F)(F)F)c1Pc1cc(C(C)(C)C)cc(C(C)(C)C)c1O.[Cl][Zr][Cl]. The molecule has 0 fully saturated rings. The van der Waals surface area contributed by atoms with Gasteiger partial charge in [0.25, 0.3) is 0 Å². The zero-order chi connectivity index (χ0) is 23.5. The Labute approximate surface area is 198 Å². The fourth-order valence-corrected chi connectivity index (χ4v) is 4.33. The summed E-state index contributed by atoms with van der Waals surface area (Å²) in [6.07, 6.45) is -4.42. The van der Waals surface area contributed by atoms with Crippen LogP contribution in [0.25, 0.3) is 0 Å². The third-order valence-corrected chi connectivity index (χ3v) is 6.19. The number of halogens is 5. The molecule has 30 heavy (non-hydrogen) atoms. The van der Waals surface area contributed by atoms with E-state index < -0.39 is 32.6 Å². The molecule has 0 bridgehead atoms. The molecule has 0 saturated carbocycles. The van der Waals surface area contributed by atoms with E-state index >= 15 is 0 Å². The van der Waals surface area contributed by atoms with Crippen molar-refractivity contribution in [1.29, 1.82) is 0 Å². The van der Waals surface area contributed by atoms with Gasteiger partial charge in [-0.25, -0.2) is 0 Å². The van der Waals surface area contributed by atoms with E-state index in [4.69, 9.17) is 17.0 Å². The van der Waals surface area contributed by atoms with E-state index in [1.165, 1.54) is 6.07 Å². The molecule has 0 aliphatic rings. The van der Waals surface area contributed by atoms with E-state index in [-0.39, 0.29) is 30.5 Å². The van der Waals surface area contributed by atoms with Gasteiger partial charge in [0.1, 0.15) is 5.75 Å². The normalized spacial score (nSPS) is 12.7. The van der Waals surface area contributed by atoms with Gasteiger partial charge in [-0.1, -0.05) is 68.3 Å². The van der Waals surface area contributed by atoms with E-state index in [1.807, 2.05) is 32.9 Å². The van der Waals surface area contributed by atoms with Crippen molar-refractivity contribution in [3.63, 3.8) is 0 Å². The zero-order valence-corrected chi connectivity index (χ0v) is 23.2. The molecule has 166 valence electrons. The first-order chi connectivity index (χ1) is 13.5. The number of aryl methyl sites for hydroxylation is 1. The quantitative estimate of drug-likeness (QED) is 0.383. The standard InChI is InChI=1S/C22H28F3OP.2ClH.Zr/c1-13-9-8-10-15(22(23,24)25)19(13)27-17-12-14(20(2,3)4)11-16(18(17)26)21(5,6)7;;;/h8-12,26-27H,1-7H3;2*1H;/q;;;+2/p-2. The van der Waals surface area contributed by atoms with Crippen LogP contribution in [0.15, 0.2) is 30.3 Å². The van der Waals surface area contributed by atoms with E-state index in [0.717, 1.165) is 17.2 Å². The molecule has 2 aromatic rings. The molecule has 1 atom stereocenters. The van der Waals surface area contributed by atoms with Crippen LogP contribution in [-0.2, 0) is 37.9 Å². The molecule has 0 amide bonds. The molecule has 0 aromatic heterocycles. The second-order valence-electron chi connectivity index (χ2n) is 9.11. The van der Waals surface area contributed by atoms with E-state index in [1.54, 1.807) is 13.0 Å². The molecule has 0 heterocycles. The third-order valence-electron chi connectivity index (χ3n) is 4.62. The monoisotopic (exact) mass is 556 g/mol. The number of hydrogen-bond acceptors (Lipinski definition) is 1. The Kier molecular flexibility index (Phi) is 9.96. The minimum absolute atomic E-state index is 0.102. The topological polar surface area (TPSA) is 20.2 Å². The second-order valence-corrected chi connectivity index (χ2v) is 14.1. The molecule has 1 unspecified atom stereocenters. The molecule has 2 aromatic carbocycles. The molecule has 0 spiro atoms. The molecule has 2 rings (SSSR count). The average molecular weight is 559 g/mol. The number of rotatable bonds is 2. The van der Waals surface area contributed by atoms with Crippen molar-refractivity contribution in [3.8, 4) is 5.75 Å². The molecule has 0 aliphatic carbocycles. The summed E-state index contributed by atoms with van der Waals surface area (Å²) in [5.74, 6) is 0.102. The van der Waals surface area contributed by atoms with Crippen LogP contribution in [0.2, 0.25) is 0 Å². The van der Waals surface area contributed by atoms with Gasteiger partial charge in [0, 0.05) is 10.9 Å². The average Bonchev–Trinajstić information content (AvgIpc) is 2.55. The summed E-state index contributed by atoms with van der Waals surface area (Å²) in [4.78, 5) is 0. The summed E-state index contributed by atoms with van der Waals surface area (Å²) in [5, 5.41) is 11.7. The van der Waals surface area contributed by atoms with Crippen molar-refractivity contribution >= 4 is 36.2 Å². The van der Waals surface area contributed by atoms with Gasteiger partial charge in [0.05, 0.1) is 5.56 Å². The maximum atomic E-state index is 13.5. The number of phenolic OH excluding ortho intramolecular Hbond substituents is 1. The summed E-state index contributed by atoms with van der Waals surface area (Å²) in [5.41, 5.74) is 1.24. The molecule has 1 N–H and O–H groups in total. The fraction of sp³-hybridized carbons (Fsp3) is 0.455. The van der Waals surface area contributed by atoms with Crippen molar-refractivity contribution < 1.29 is 39.1 Å². The molecular weight excluding hydrogens is 530 g/mol. The van der Waals surface area contributed by atoms with Crippen LogP contribution >= 0.6 is 25.6 Å². The van der Waals surface area contributed by atoms with Crippen molar-refractivity contribution in [1.82, 2.24) is 0 Å². The van der Waals surface area contributed by atoms with E-state index in [2.05, 4.69) is 20.8 Å². The molecule has 0 aliphatic heterocycles. The van der Waals surface area contributed by atoms with Gasteiger partial charge in [0.15, 0.2) is 0 Å². The van der Waals surface area contributed by atoms with Crippen molar-refractivity contribution in [2.24, 2.45) is 0 Å². The summed E-state index contributed by atoms with van der Waals surface area (Å²) < 4.78 is 40.5. The van der Waals surface area contributed by atoms with Crippen LogP contribution in [0.3, 0.4) is 0 Å². The van der Waals surface area contributed by atoms with Gasteiger partial charge in [-0.3, -0.25) is 0 Å². The predicted octanol–water partition coefficient (Wildman–Crippen LogP) is 7.32. The van der Waals surface area contributed by atoms with Crippen molar-refractivity contribution in [2.75, 3.05) is 0 Å². The van der Waals surface area contributed by atoms with Crippen LogP contribution < -0.4 is 10.6 Å². The Hall–Kier alpha value is -0.0769. The summed E-state index contributed by atoms with van der Waals surface area (Å²) in [6, 6.07) is 8.07. The molecule has 0 saturated heterocycles. The number of hydrogen-bond donors (Lipinski definition) is 1. The molecule has 0 radical (unpaired) electrons. The number of phenols is 1. The Bertz CT molecular complexity index is 872. The van der Waals surface area contributed by atoms with E-state index in [9.17, 15) is 18.3 Å². The van der Waals surface area contributed by atoms with E-state index in [0.29, 0.717) is 10.9 Å². The van der Waals surface area contributed by atoms with Gasteiger partial charge < -0.3 is 5.11 Å². The second kappa shape index (κ2) is 10.7. The van der Waals surface area contributed by atoms with Gasteiger partial charge >= 0.3 is 44.1 Å². The molecular formula is C22H28Cl2F3OPZr. The first-order valence-corrected chi connectivity index (χ1v) is 16.6. The van der Waals surface area contributed by atoms with Gasteiger partial charge in [0.2, 0.25) is 0 Å². The Morgan fingerprint density at radius 2 is 1.43 bits per heavy atom. The number of benzene rings is 2. The van der Waals surface area contributed by atoms with Crippen molar-refractivity contribution in [3.05, 3.63) is 52.6 Å². The fourth-order valence-electron chi connectivity index (χ4n) is 2.94. The third kappa shape index (κ3) is 7.51. The molecule has 8 heteroatoms. The van der Waals surface area contributed by atoms with Crippen LogP contribution in [0.5, 0.6) is 5.75 Å². The van der Waals surface area contributed by atoms with Gasteiger partial charge in [-0.05, 0) is 46.3 Å². The van der Waals surface area contributed by atoms with Crippen LogP contribution in [0, 0.1) is 6.92 Å². The Balaban J connectivity index is 0.00000141. The van der Waals surface area contributed by atoms with Crippen LogP contribution in [0.1, 0.15) is 63.8 Å². The maximum absolute atomic E-state index is 13.5. The Morgan fingerprint density at radius 3 is 1.87 bits per heavy atom.